The predicted octanol–water partition coefficient (Wildman–Crippen LogP) is 5.64. The highest BCUT2D eigenvalue weighted by atomic mass is 32.3. The van der Waals surface area contributed by atoms with Crippen molar-refractivity contribution in [1.29, 1.82) is 0 Å². The molecule has 6 N–H and O–H groups in total. The van der Waals surface area contributed by atoms with Crippen molar-refractivity contribution in [3.05, 3.63) is 59.7 Å². The van der Waals surface area contributed by atoms with Crippen molar-refractivity contribution in [1.82, 2.24) is 10.6 Å². The van der Waals surface area contributed by atoms with Gasteiger partial charge in [0, 0.05) is 36.4 Å². The van der Waals surface area contributed by atoms with Gasteiger partial charge < -0.3 is 21.1 Å². The molecule has 1 amide bonds. The topological polar surface area (TPSA) is 117 Å². The third-order valence-electron chi connectivity index (χ3n) is 10.0. The summed E-state index contributed by atoms with van der Waals surface area (Å²) in [5.41, 5.74) is 3.00. The molecule has 2 unspecified atom stereocenters. The Kier molecular flexibility index (Phi) is 8.76. The maximum atomic E-state index is 13.8. The van der Waals surface area contributed by atoms with Gasteiger partial charge in [-0.2, -0.15) is 0 Å². The van der Waals surface area contributed by atoms with Gasteiger partial charge in [0.25, 0.3) is 5.91 Å². The highest BCUT2D eigenvalue weighted by molar-refractivity contribution is 8.25. The molecule has 5 fully saturated rings. The van der Waals surface area contributed by atoms with Crippen molar-refractivity contribution in [2.24, 2.45) is 17.8 Å². The van der Waals surface area contributed by atoms with Crippen LogP contribution in [0.3, 0.4) is 0 Å². The third-order valence-corrected chi connectivity index (χ3v) is 12.0. The standard InChI is InChI=1S/C33H48N4O4S/c1-2-34-28-16-27(17-29(18-28)37-10-6-7-11-42(37,40)41)32(39)36-30(15-23-8-4-3-5-9-23)31(38)22-35-33-19-24-12-25(20-33)14-26(13-24)21-33/h3-5,8-9,16-18,24-26,30-31,34-35,38,40-41H,2,6-7,10-15,19-22H2,1H3,(H,36,39). The molecular weight excluding hydrogens is 548 g/mol. The summed E-state index contributed by atoms with van der Waals surface area (Å²) >= 11 is 0. The van der Waals surface area contributed by atoms with Crippen LogP contribution in [0.5, 0.6) is 0 Å². The van der Waals surface area contributed by atoms with Gasteiger partial charge in [-0.1, -0.05) is 30.3 Å². The smallest absolute Gasteiger partial charge is 0.251 e. The van der Waals surface area contributed by atoms with E-state index in [-0.39, 0.29) is 11.4 Å². The van der Waals surface area contributed by atoms with Crippen molar-refractivity contribution >= 4 is 28.1 Å². The van der Waals surface area contributed by atoms with Gasteiger partial charge in [-0.15, -0.1) is 10.8 Å². The number of aliphatic hydroxyl groups is 1. The number of carbonyl (C=O) groups is 1. The van der Waals surface area contributed by atoms with Crippen LogP contribution in [-0.4, -0.2) is 63.2 Å². The summed E-state index contributed by atoms with van der Waals surface area (Å²) in [5.74, 6) is 2.51. The molecule has 7 rings (SSSR count). The zero-order valence-corrected chi connectivity index (χ0v) is 25.6. The normalized spacial score (nSPS) is 30.0. The van der Waals surface area contributed by atoms with Gasteiger partial charge in [0.15, 0.2) is 0 Å². The molecular formula is C33H48N4O4S. The van der Waals surface area contributed by atoms with E-state index in [0.717, 1.165) is 41.8 Å². The van der Waals surface area contributed by atoms with Crippen LogP contribution < -0.4 is 20.3 Å². The Morgan fingerprint density at radius 2 is 1.71 bits per heavy atom. The number of nitrogens with zero attached hydrogens (tertiary/aromatic N) is 1. The summed E-state index contributed by atoms with van der Waals surface area (Å²) in [6.07, 6.45) is 9.13. The molecule has 1 saturated heterocycles. The summed E-state index contributed by atoms with van der Waals surface area (Å²) in [6, 6.07) is 14.9. The maximum Gasteiger partial charge on any atom is 0.251 e. The van der Waals surface area contributed by atoms with E-state index in [2.05, 4.69) is 16.0 Å². The van der Waals surface area contributed by atoms with Gasteiger partial charge in [0.1, 0.15) is 0 Å². The number of rotatable bonds is 11. The molecule has 2 atom stereocenters. The highest BCUT2D eigenvalue weighted by Gasteiger charge is 2.50. The summed E-state index contributed by atoms with van der Waals surface area (Å²) < 4.78 is 23.2. The van der Waals surface area contributed by atoms with E-state index >= 15 is 0 Å². The number of benzene rings is 2. The second kappa shape index (κ2) is 12.4. The van der Waals surface area contributed by atoms with Crippen LogP contribution in [-0.2, 0) is 6.42 Å². The number of hydrogen-bond donors (Lipinski definition) is 6. The second-order valence-corrected chi connectivity index (χ2v) is 15.5. The molecule has 2 aromatic rings. The summed E-state index contributed by atoms with van der Waals surface area (Å²) in [6.45, 7) is 3.64. The highest BCUT2D eigenvalue weighted by Crippen LogP contribution is 2.55. The monoisotopic (exact) mass is 596 g/mol. The lowest BCUT2D eigenvalue weighted by Gasteiger charge is -2.57. The number of anilines is 2. The van der Waals surface area contributed by atoms with Crippen molar-refractivity contribution in [2.45, 2.75) is 82.4 Å². The number of aliphatic hydroxyl groups excluding tert-OH is 1. The Morgan fingerprint density at radius 1 is 1.02 bits per heavy atom. The minimum absolute atomic E-state index is 0.129. The van der Waals surface area contributed by atoms with E-state index in [4.69, 9.17) is 0 Å². The Morgan fingerprint density at radius 3 is 2.36 bits per heavy atom. The second-order valence-electron chi connectivity index (χ2n) is 13.4. The minimum Gasteiger partial charge on any atom is -0.390 e. The Labute approximate surface area is 252 Å². The van der Waals surface area contributed by atoms with E-state index < -0.39 is 22.9 Å². The molecule has 2 aromatic carbocycles. The Hall–Kier alpha value is -2.30. The van der Waals surface area contributed by atoms with Gasteiger partial charge >= 0.3 is 0 Å². The molecule has 4 bridgehead atoms. The van der Waals surface area contributed by atoms with E-state index in [1.165, 1.54) is 38.5 Å². The number of nitrogens with one attached hydrogen (secondary N) is 3. The molecule has 0 radical (unpaired) electrons. The van der Waals surface area contributed by atoms with E-state index in [0.29, 0.717) is 43.1 Å². The maximum absolute atomic E-state index is 13.8. The zero-order valence-electron chi connectivity index (χ0n) is 24.8. The number of carbonyl (C=O) groups excluding carboxylic acids is 1. The van der Waals surface area contributed by atoms with E-state index in [9.17, 15) is 19.0 Å². The van der Waals surface area contributed by atoms with Crippen molar-refractivity contribution in [3.63, 3.8) is 0 Å². The fraction of sp³-hybridized carbons (Fsp3) is 0.606. The molecule has 230 valence electrons. The van der Waals surface area contributed by atoms with Crippen LogP contribution >= 0.6 is 10.8 Å². The quantitative estimate of drug-likeness (QED) is 0.199. The average Bonchev–Trinajstić information content (AvgIpc) is 2.95. The van der Waals surface area contributed by atoms with Crippen LogP contribution in [0.2, 0.25) is 0 Å². The first-order chi connectivity index (χ1) is 20.2. The van der Waals surface area contributed by atoms with Crippen molar-refractivity contribution in [3.8, 4) is 0 Å². The molecule has 1 aliphatic heterocycles. The van der Waals surface area contributed by atoms with E-state index in [1.54, 1.807) is 16.4 Å². The van der Waals surface area contributed by atoms with Gasteiger partial charge in [-0.25, -0.2) is 0 Å². The van der Waals surface area contributed by atoms with Crippen LogP contribution in [0.25, 0.3) is 0 Å². The van der Waals surface area contributed by atoms with Gasteiger partial charge in [0.05, 0.1) is 23.6 Å². The number of β-amino-alcohol motifs (C(OH)–C–C–N with tert-alkyl or cyclic N) is 1. The Balaban J connectivity index is 1.20. The fourth-order valence-corrected chi connectivity index (χ4v) is 10.2. The number of hydrogen-bond acceptors (Lipinski definition) is 7. The van der Waals surface area contributed by atoms with Gasteiger partial charge in [0.2, 0.25) is 0 Å². The lowest BCUT2D eigenvalue weighted by atomic mass is 9.53. The molecule has 5 aliphatic rings. The SMILES string of the molecule is CCNc1cc(C(=O)NC(Cc2ccccc2)C(O)CNC23CC4CC(CC(C4)C2)C3)cc(N2CCCCS2(O)O)c1. The Bertz CT molecular complexity index is 1210. The van der Waals surface area contributed by atoms with Crippen LogP contribution in [0.4, 0.5) is 11.4 Å². The zero-order chi connectivity index (χ0) is 29.3. The largest absolute Gasteiger partial charge is 0.390 e. The third kappa shape index (κ3) is 6.60. The molecule has 42 heavy (non-hydrogen) atoms. The van der Waals surface area contributed by atoms with E-state index in [1.807, 2.05) is 43.3 Å². The molecule has 0 aromatic heterocycles. The molecule has 4 saturated carbocycles. The molecule has 4 aliphatic carbocycles. The molecule has 1 heterocycles. The lowest BCUT2D eigenvalue weighted by Crippen LogP contribution is -2.61. The first-order valence-corrected chi connectivity index (χ1v) is 17.6. The minimum atomic E-state index is -2.93. The van der Waals surface area contributed by atoms with Crippen LogP contribution in [0.1, 0.15) is 74.2 Å². The average molecular weight is 597 g/mol. The van der Waals surface area contributed by atoms with Crippen LogP contribution in [0.15, 0.2) is 48.5 Å². The summed E-state index contributed by atoms with van der Waals surface area (Å²) in [4.78, 5) is 13.8. The van der Waals surface area contributed by atoms with Crippen LogP contribution in [0, 0.1) is 17.8 Å². The molecule has 8 nitrogen and oxygen atoms in total. The van der Waals surface area contributed by atoms with Gasteiger partial charge in [-0.3, -0.25) is 18.2 Å². The lowest BCUT2D eigenvalue weighted by molar-refractivity contribution is -0.0262. The molecule has 0 spiro atoms. The summed E-state index contributed by atoms with van der Waals surface area (Å²) in [7, 11) is -2.93. The van der Waals surface area contributed by atoms with Crippen molar-refractivity contribution < 1.29 is 19.0 Å². The first-order valence-electron chi connectivity index (χ1n) is 15.9. The summed E-state index contributed by atoms with van der Waals surface area (Å²) in [5, 5.41) is 21.9. The first kappa shape index (κ1) is 29.8. The van der Waals surface area contributed by atoms with Gasteiger partial charge in [-0.05, 0) is 106 Å². The predicted molar refractivity (Wildman–Crippen MR) is 171 cm³/mol. The molecule has 9 heteroatoms. The number of amides is 1. The van der Waals surface area contributed by atoms with Crippen molar-refractivity contribution in [2.75, 3.05) is 35.0 Å². The fourth-order valence-electron chi connectivity index (χ4n) is 8.49.